The quantitative estimate of drug-likeness (QED) is 0.559. The van der Waals surface area contributed by atoms with Crippen LogP contribution >= 0.6 is 11.3 Å². The summed E-state index contributed by atoms with van der Waals surface area (Å²) in [6.07, 6.45) is 3.29. The van der Waals surface area contributed by atoms with Crippen LogP contribution in [0.15, 0.2) is 40.0 Å². The number of aromatic nitrogens is 4. The smallest absolute Gasteiger partial charge is 0.271 e. The van der Waals surface area contributed by atoms with E-state index < -0.39 is 0 Å². The monoisotopic (exact) mass is 340 g/mol. The van der Waals surface area contributed by atoms with Gasteiger partial charge in [0.05, 0.1) is 18.4 Å². The van der Waals surface area contributed by atoms with Gasteiger partial charge in [0, 0.05) is 23.1 Å². The molecule has 0 saturated heterocycles. The van der Waals surface area contributed by atoms with Crippen molar-refractivity contribution in [2.24, 2.45) is 0 Å². The van der Waals surface area contributed by atoms with E-state index >= 15 is 0 Å². The highest BCUT2D eigenvalue weighted by Crippen LogP contribution is 2.28. The summed E-state index contributed by atoms with van der Waals surface area (Å²) in [5.41, 5.74) is 1.22. The van der Waals surface area contributed by atoms with Crippen LogP contribution < -0.4 is 5.56 Å². The third-order valence-electron chi connectivity index (χ3n) is 3.85. The SMILES string of the molecule is CC(C)(C)c1cc(Cn2cnc3c(sc4ncccc43)c2=O)no1. The zero-order valence-corrected chi connectivity index (χ0v) is 14.4. The van der Waals surface area contributed by atoms with Crippen molar-refractivity contribution in [1.82, 2.24) is 19.7 Å². The van der Waals surface area contributed by atoms with Gasteiger partial charge in [0.25, 0.3) is 5.56 Å². The third-order valence-corrected chi connectivity index (χ3v) is 4.94. The highest BCUT2D eigenvalue weighted by molar-refractivity contribution is 7.25. The molecule has 4 heterocycles. The summed E-state index contributed by atoms with van der Waals surface area (Å²) in [5.74, 6) is 0.797. The average molecular weight is 340 g/mol. The summed E-state index contributed by atoms with van der Waals surface area (Å²) in [6, 6.07) is 5.68. The molecule has 0 unspecified atom stereocenters. The predicted molar refractivity (Wildman–Crippen MR) is 93.5 cm³/mol. The Morgan fingerprint density at radius 2 is 2.12 bits per heavy atom. The van der Waals surface area contributed by atoms with E-state index in [0.717, 1.165) is 16.0 Å². The Bertz CT molecular complexity index is 1100. The second kappa shape index (κ2) is 5.24. The van der Waals surface area contributed by atoms with Crippen LogP contribution in [0.3, 0.4) is 0 Å². The van der Waals surface area contributed by atoms with Crippen LogP contribution in [0.1, 0.15) is 32.2 Å². The summed E-state index contributed by atoms with van der Waals surface area (Å²) < 4.78 is 7.56. The van der Waals surface area contributed by atoms with Crippen molar-refractivity contribution in [1.29, 1.82) is 0 Å². The molecule has 122 valence electrons. The Morgan fingerprint density at radius 1 is 1.29 bits per heavy atom. The van der Waals surface area contributed by atoms with Gasteiger partial charge in [0.15, 0.2) is 0 Å². The first-order valence-corrected chi connectivity index (χ1v) is 8.44. The topological polar surface area (TPSA) is 73.8 Å². The van der Waals surface area contributed by atoms with E-state index in [9.17, 15) is 4.79 Å². The van der Waals surface area contributed by atoms with Gasteiger partial charge in [-0.05, 0) is 12.1 Å². The van der Waals surface area contributed by atoms with E-state index in [4.69, 9.17) is 4.52 Å². The molecule has 0 bridgehead atoms. The van der Waals surface area contributed by atoms with Gasteiger partial charge in [-0.3, -0.25) is 9.36 Å². The Morgan fingerprint density at radius 3 is 2.88 bits per heavy atom. The summed E-state index contributed by atoms with van der Waals surface area (Å²) >= 11 is 1.37. The summed E-state index contributed by atoms with van der Waals surface area (Å²) in [5, 5.41) is 4.99. The van der Waals surface area contributed by atoms with Gasteiger partial charge in [0.2, 0.25) is 0 Å². The Balaban J connectivity index is 1.77. The highest BCUT2D eigenvalue weighted by Gasteiger charge is 2.20. The first-order valence-electron chi connectivity index (χ1n) is 7.62. The molecule has 24 heavy (non-hydrogen) atoms. The normalized spacial score (nSPS) is 12.3. The van der Waals surface area contributed by atoms with Gasteiger partial charge in [-0.25, -0.2) is 9.97 Å². The van der Waals surface area contributed by atoms with Crippen LogP contribution in [0, 0.1) is 0 Å². The molecule has 4 aromatic rings. The van der Waals surface area contributed by atoms with Gasteiger partial charge in [-0.1, -0.05) is 25.9 Å². The Kier molecular flexibility index (Phi) is 3.28. The van der Waals surface area contributed by atoms with Crippen molar-refractivity contribution in [3.8, 4) is 0 Å². The molecule has 0 fully saturated rings. The third kappa shape index (κ3) is 2.41. The first-order chi connectivity index (χ1) is 11.4. The molecular formula is C17H16N4O2S. The molecule has 0 saturated carbocycles. The number of hydrogen-bond donors (Lipinski definition) is 0. The largest absolute Gasteiger partial charge is 0.361 e. The molecule has 0 radical (unpaired) electrons. The molecule has 4 rings (SSSR count). The minimum absolute atomic E-state index is 0.0803. The molecule has 0 aliphatic heterocycles. The minimum Gasteiger partial charge on any atom is -0.361 e. The minimum atomic E-state index is -0.116. The molecule has 0 aliphatic rings. The van der Waals surface area contributed by atoms with Crippen LogP contribution in [0.2, 0.25) is 0 Å². The molecule has 7 heteroatoms. The van der Waals surface area contributed by atoms with Gasteiger partial charge in [0.1, 0.15) is 21.0 Å². The van der Waals surface area contributed by atoms with Crippen LogP contribution in [0.4, 0.5) is 0 Å². The number of thiophene rings is 1. The Labute approximate surface area is 141 Å². The number of nitrogens with zero attached hydrogens (tertiary/aromatic N) is 4. The van der Waals surface area contributed by atoms with Gasteiger partial charge < -0.3 is 4.52 Å². The lowest BCUT2D eigenvalue weighted by Crippen LogP contribution is -2.20. The Hall–Kier alpha value is -2.54. The second-order valence-electron chi connectivity index (χ2n) is 6.75. The highest BCUT2D eigenvalue weighted by atomic mass is 32.1. The number of fused-ring (bicyclic) bond motifs is 3. The van der Waals surface area contributed by atoms with Crippen molar-refractivity contribution in [2.45, 2.75) is 32.7 Å². The van der Waals surface area contributed by atoms with E-state index in [-0.39, 0.29) is 11.0 Å². The van der Waals surface area contributed by atoms with E-state index in [1.807, 2.05) is 18.2 Å². The summed E-state index contributed by atoms with van der Waals surface area (Å²) in [6.45, 7) is 6.51. The van der Waals surface area contributed by atoms with Crippen molar-refractivity contribution < 1.29 is 4.52 Å². The van der Waals surface area contributed by atoms with Gasteiger partial charge in [-0.15, -0.1) is 11.3 Å². The fraction of sp³-hybridized carbons (Fsp3) is 0.294. The lowest BCUT2D eigenvalue weighted by molar-refractivity contribution is 0.325. The predicted octanol–water partition coefficient (Wildman–Crippen LogP) is 3.34. The molecule has 0 aliphatic carbocycles. The molecule has 0 amide bonds. The fourth-order valence-electron chi connectivity index (χ4n) is 2.53. The zero-order chi connectivity index (χ0) is 16.9. The molecule has 6 nitrogen and oxygen atoms in total. The van der Waals surface area contributed by atoms with E-state index in [2.05, 4.69) is 35.9 Å². The molecule has 4 aromatic heterocycles. The van der Waals surface area contributed by atoms with Gasteiger partial charge in [-0.2, -0.15) is 0 Å². The van der Waals surface area contributed by atoms with Crippen molar-refractivity contribution in [3.63, 3.8) is 0 Å². The first kappa shape index (κ1) is 15.0. The average Bonchev–Trinajstić information content (AvgIpc) is 3.15. The van der Waals surface area contributed by atoms with E-state index in [1.54, 1.807) is 17.1 Å². The number of rotatable bonds is 2. The molecular weight excluding hydrogens is 324 g/mol. The van der Waals surface area contributed by atoms with Crippen LogP contribution in [-0.2, 0) is 12.0 Å². The standard InChI is InChI=1S/C17H16N4O2S/c1-17(2,3)12-7-10(20-23-12)8-21-9-19-13-11-5-4-6-18-15(11)24-14(13)16(21)22/h4-7,9H,8H2,1-3H3. The fourth-order valence-corrected chi connectivity index (χ4v) is 3.58. The lowest BCUT2D eigenvalue weighted by Gasteiger charge is -2.12. The molecule has 0 atom stereocenters. The maximum absolute atomic E-state index is 12.8. The van der Waals surface area contributed by atoms with E-state index in [1.165, 1.54) is 11.3 Å². The van der Waals surface area contributed by atoms with Gasteiger partial charge >= 0.3 is 0 Å². The van der Waals surface area contributed by atoms with Crippen LogP contribution in [-0.4, -0.2) is 19.7 Å². The lowest BCUT2D eigenvalue weighted by atomic mass is 9.93. The maximum atomic E-state index is 12.8. The summed E-state index contributed by atoms with van der Waals surface area (Å²) in [7, 11) is 0. The number of pyridine rings is 1. The van der Waals surface area contributed by atoms with E-state index in [0.29, 0.717) is 22.5 Å². The van der Waals surface area contributed by atoms with Crippen molar-refractivity contribution in [3.05, 3.63) is 52.5 Å². The van der Waals surface area contributed by atoms with Crippen molar-refractivity contribution >= 4 is 31.8 Å². The zero-order valence-electron chi connectivity index (χ0n) is 13.6. The number of hydrogen-bond acceptors (Lipinski definition) is 6. The molecule has 0 aromatic carbocycles. The molecule has 0 spiro atoms. The van der Waals surface area contributed by atoms with Crippen molar-refractivity contribution in [2.75, 3.05) is 0 Å². The maximum Gasteiger partial charge on any atom is 0.271 e. The molecule has 0 N–H and O–H groups in total. The van der Waals surface area contributed by atoms with Crippen LogP contribution in [0.5, 0.6) is 0 Å². The second-order valence-corrected chi connectivity index (χ2v) is 7.75. The summed E-state index contributed by atoms with van der Waals surface area (Å²) in [4.78, 5) is 22.3. The van der Waals surface area contributed by atoms with Crippen LogP contribution in [0.25, 0.3) is 20.4 Å².